The first-order chi connectivity index (χ1) is 20.8. The molecule has 4 aromatic rings. The number of carbonyl (C=O) groups is 2. The van der Waals surface area contributed by atoms with Crippen molar-refractivity contribution >= 4 is 29.1 Å². The fourth-order valence-electron chi connectivity index (χ4n) is 4.10. The van der Waals surface area contributed by atoms with Gasteiger partial charge in [-0.15, -0.1) is 10.2 Å². The number of tetrazole rings is 1. The zero-order valence-corrected chi connectivity index (χ0v) is 23.3. The lowest BCUT2D eigenvalue weighted by Gasteiger charge is -2.15. The van der Waals surface area contributed by atoms with Crippen molar-refractivity contribution in [3.8, 4) is 11.9 Å². The first kappa shape index (κ1) is 30.5. The van der Waals surface area contributed by atoms with Gasteiger partial charge >= 0.3 is 12.1 Å². The van der Waals surface area contributed by atoms with Crippen molar-refractivity contribution in [2.45, 2.75) is 38.4 Å². The summed E-state index contributed by atoms with van der Waals surface area (Å²) >= 11 is 6.28. The molecule has 1 saturated carbocycles. The Morgan fingerprint density at radius 2 is 1.89 bits per heavy atom. The van der Waals surface area contributed by atoms with Crippen molar-refractivity contribution in [2.24, 2.45) is 5.92 Å². The van der Waals surface area contributed by atoms with Gasteiger partial charge in [-0.2, -0.15) is 37.1 Å². The molecule has 3 heterocycles. The molecule has 2 N–H and O–H groups in total. The monoisotopic (exact) mass is 634 g/mol. The number of aryl methyl sites for hydroxylation is 1. The summed E-state index contributed by atoms with van der Waals surface area (Å²) in [4.78, 5) is 31.3. The molecular weight excluding hydrogens is 615 g/mol. The predicted octanol–water partition coefficient (Wildman–Crippen LogP) is 4.18. The number of pyridine rings is 1. The highest BCUT2D eigenvalue weighted by molar-refractivity contribution is 6.32. The van der Waals surface area contributed by atoms with Gasteiger partial charge in [0.25, 0.3) is 17.6 Å². The number of nitrogens with zero attached hydrogens (tertiary/aromatic N) is 8. The summed E-state index contributed by atoms with van der Waals surface area (Å²) in [7, 11) is 0. The van der Waals surface area contributed by atoms with E-state index < -0.39 is 36.3 Å². The number of halogens is 6. The third-order valence-corrected chi connectivity index (χ3v) is 6.82. The van der Waals surface area contributed by atoms with E-state index in [2.05, 4.69) is 36.1 Å². The molecule has 3 aromatic heterocycles. The Balaban J connectivity index is 1.49. The fraction of sp³-hybridized carbons (Fsp3) is 0.308. The molecule has 0 atom stereocenters. The molecule has 0 bridgehead atoms. The Morgan fingerprint density at radius 1 is 1.14 bits per heavy atom. The molecule has 1 aromatic carbocycles. The van der Waals surface area contributed by atoms with Crippen LogP contribution in [0.1, 0.15) is 56.3 Å². The van der Waals surface area contributed by atoms with E-state index in [1.165, 1.54) is 36.5 Å². The van der Waals surface area contributed by atoms with Gasteiger partial charge in [0.15, 0.2) is 5.82 Å². The van der Waals surface area contributed by atoms with Crippen molar-refractivity contribution in [2.75, 3.05) is 11.9 Å². The van der Waals surface area contributed by atoms with E-state index in [1.54, 1.807) is 6.92 Å². The second-order valence-electron chi connectivity index (χ2n) is 9.89. The average molecular weight is 635 g/mol. The van der Waals surface area contributed by atoms with Crippen LogP contribution in [0.5, 0.6) is 0 Å². The van der Waals surface area contributed by atoms with Crippen LogP contribution in [0.3, 0.4) is 0 Å². The van der Waals surface area contributed by atoms with E-state index in [-0.39, 0.29) is 39.0 Å². The molecule has 18 heteroatoms. The lowest BCUT2D eigenvalue weighted by Crippen LogP contribution is -2.35. The normalized spacial score (nSPS) is 13.4. The van der Waals surface area contributed by atoms with Crippen LogP contribution in [-0.4, -0.2) is 59.5 Å². The Bertz CT molecular complexity index is 1790. The fourth-order valence-corrected chi connectivity index (χ4v) is 4.30. The second kappa shape index (κ2) is 11.6. The molecule has 228 valence electrons. The summed E-state index contributed by atoms with van der Waals surface area (Å²) in [6.45, 7) is 1.46. The molecule has 0 aliphatic heterocycles. The molecule has 1 fully saturated rings. The van der Waals surface area contributed by atoms with E-state index in [9.17, 15) is 36.8 Å². The van der Waals surface area contributed by atoms with Gasteiger partial charge in [-0.3, -0.25) is 9.59 Å². The van der Waals surface area contributed by atoms with Crippen molar-refractivity contribution in [1.29, 1.82) is 5.26 Å². The van der Waals surface area contributed by atoms with Crippen LogP contribution in [0.2, 0.25) is 5.02 Å². The van der Waals surface area contributed by atoms with Crippen LogP contribution >= 0.6 is 11.6 Å². The van der Waals surface area contributed by atoms with Crippen LogP contribution in [-0.2, 0) is 12.5 Å². The van der Waals surface area contributed by atoms with Crippen molar-refractivity contribution in [1.82, 2.24) is 40.3 Å². The molecular formula is C26H20ClF5N10O2. The number of benzene rings is 1. The number of amides is 2. The minimum atomic E-state index is -5.94. The molecule has 0 saturated heterocycles. The summed E-state index contributed by atoms with van der Waals surface area (Å²) in [5, 5.41) is 28.4. The number of anilines is 1. The number of hydrogen-bond donors (Lipinski definition) is 2. The molecule has 1 aliphatic rings. The number of hydrogen-bond acceptors (Lipinski definition) is 8. The Morgan fingerprint density at radius 3 is 2.55 bits per heavy atom. The highest BCUT2D eigenvalue weighted by atomic mass is 35.5. The molecule has 0 spiro atoms. The Labute approximate surface area is 249 Å². The van der Waals surface area contributed by atoms with Gasteiger partial charge in [0.1, 0.15) is 12.2 Å². The van der Waals surface area contributed by atoms with Crippen molar-refractivity contribution in [3.63, 3.8) is 0 Å². The summed E-state index contributed by atoms with van der Waals surface area (Å²) < 4.78 is 66.6. The van der Waals surface area contributed by atoms with Crippen LogP contribution < -0.4 is 10.6 Å². The van der Waals surface area contributed by atoms with Gasteiger partial charge in [0.2, 0.25) is 0 Å². The molecule has 5 rings (SSSR count). The second-order valence-corrected chi connectivity index (χ2v) is 10.3. The maximum atomic E-state index is 13.7. The predicted molar refractivity (Wildman–Crippen MR) is 142 cm³/mol. The lowest BCUT2D eigenvalue weighted by atomic mass is 10.0. The third-order valence-electron chi connectivity index (χ3n) is 6.52. The van der Waals surface area contributed by atoms with Crippen LogP contribution in [0.4, 0.5) is 27.6 Å². The lowest BCUT2D eigenvalue weighted by molar-refractivity contribution is -0.292. The standard InChI is InChI=1S/C26H20ClF5N10O2/c1-13-7-15(10-33)8-17(22(43)35-11-14-4-5-14)20(13)36-23(44)19-9-16(38-42(19)21-18(27)3-2-6-34-21)12-41-39-24(37-40-41)25(28,29)26(30,31)32/h2-3,6-9,14H,4-5,11-12H2,1H3,(H,35,43)(H,36,44). The van der Waals surface area contributed by atoms with Gasteiger partial charge in [-0.05, 0) is 66.8 Å². The smallest absolute Gasteiger partial charge is 0.352 e. The van der Waals surface area contributed by atoms with Gasteiger partial charge in [0, 0.05) is 12.7 Å². The summed E-state index contributed by atoms with van der Waals surface area (Å²) in [6.07, 6.45) is -2.61. The molecule has 1 aliphatic carbocycles. The summed E-state index contributed by atoms with van der Waals surface area (Å²) in [5.74, 6) is -8.18. The highest BCUT2D eigenvalue weighted by Gasteiger charge is 2.62. The quantitative estimate of drug-likeness (QED) is 0.260. The van der Waals surface area contributed by atoms with E-state index in [0.717, 1.165) is 17.5 Å². The zero-order chi connectivity index (χ0) is 31.8. The maximum Gasteiger partial charge on any atom is 0.461 e. The number of rotatable bonds is 9. The van der Waals surface area contributed by atoms with Gasteiger partial charge in [0.05, 0.1) is 33.6 Å². The topological polar surface area (TPSA) is 156 Å². The number of nitriles is 1. The zero-order valence-electron chi connectivity index (χ0n) is 22.5. The maximum absolute atomic E-state index is 13.7. The van der Waals surface area contributed by atoms with Crippen molar-refractivity contribution < 1.29 is 31.5 Å². The van der Waals surface area contributed by atoms with E-state index >= 15 is 0 Å². The molecule has 0 radical (unpaired) electrons. The largest absolute Gasteiger partial charge is 0.461 e. The minimum Gasteiger partial charge on any atom is -0.352 e. The first-order valence-corrected chi connectivity index (χ1v) is 13.2. The van der Waals surface area contributed by atoms with Crippen molar-refractivity contribution in [3.05, 3.63) is 75.5 Å². The molecule has 2 amide bonds. The van der Waals surface area contributed by atoms with Crippen LogP contribution in [0.25, 0.3) is 5.82 Å². The van der Waals surface area contributed by atoms with E-state index in [4.69, 9.17) is 11.6 Å². The van der Waals surface area contributed by atoms with Crippen LogP contribution in [0, 0.1) is 24.2 Å². The average Bonchev–Trinajstić information content (AvgIpc) is 3.52. The van der Waals surface area contributed by atoms with Gasteiger partial charge in [-0.1, -0.05) is 11.6 Å². The SMILES string of the molecule is Cc1cc(C#N)cc(C(=O)NCC2CC2)c1NC(=O)c1cc(Cn2nnc(C(F)(F)C(F)(F)F)n2)nn1-c1ncccc1Cl. The van der Waals surface area contributed by atoms with Crippen LogP contribution in [0.15, 0.2) is 36.5 Å². The van der Waals surface area contributed by atoms with E-state index in [1.807, 2.05) is 6.07 Å². The number of alkyl halides is 5. The molecule has 44 heavy (non-hydrogen) atoms. The molecule has 12 nitrogen and oxygen atoms in total. The molecule has 0 unspecified atom stereocenters. The third kappa shape index (κ3) is 6.20. The summed E-state index contributed by atoms with van der Waals surface area (Å²) in [5.41, 5.74) is 0.495. The number of nitrogens with one attached hydrogen (secondary N) is 2. The minimum absolute atomic E-state index is 0.0136. The Hall–Kier alpha value is -4.98. The number of aromatic nitrogens is 7. The van der Waals surface area contributed by atoms with Gasteiger partial charge < -0.3 is 10.6 Å². The first-order valence-electron chi connectivity index (χ1n) is 12.9. The van der Waals surface area contributed by atoms with Gasteiger partial charge in [-0.25, -0.2) is 9.67 Å². The highest BCUT2D eigenvalue weighted by Crippen LogP contribution is 2.42. The Kier molecular flexibility index (Phi) is 8.04. The van der Waals surface area contributed by atoms with E-state index in [0.29, 0.717) is 22.8 Å². The number of carbonyl (C=O) groups excluding carboxylic acids is 2. The summed E-state index contributed by atoms with van der Waals surface area (Å²) in [6, 6.07) is 8.97.